The summed E-state index contributed by atoms with van der Waals surface area (Å²) in [6, 6.07) is 13.5. The summed E-state index contributed by atoms with van der Waals surface area (Å²) in [6.07, 6.45) is 1.57. The number of anilines is 1. The second kappa shape index (κ2) is 7.61. The van der Waals surface area contributed by atoms with Crippen LogP contribution in [0.15, 0.2) is 53.1 Å². The smallest absolute Gasteiger partial charge is 0.270 e. The summed E-state index contributed by atoms with van der Waals surface area (Å²) in [5, 5.41) is 6.03. The maximum Gasteiger partial charge on any atom is 0.270 e. The average molecular weight is 336 g/mol. The predicted octanol–water partition coefficient (Wildman–Crippen LogP) is 3.23. The Hall–Kier alpha value is -3.15. The molecule has 0 fully saturated rings. The van der Waals surface area contributed by atoms with Crippen molar-refractivity contribution in [3.05, 3.63) is 77.1 Å². The number of aryl methyl sites for hydroxylation is 2. The number of nitrogens with zero attached hydrogens (tertiary/aromatic N) is 2. The van der Waals surface area contributed by atoms with Crippen molar-refractivity contribution in [2.24, 2.45) is 0 Å². The largest absolute Gasteiger partial charge is 0.467 e. The van der Waals surface area contributed by atoms with E-state index in [4.69, 9.17) is 4.42 Å². The number of nitrogens with one attached hydrogen (secondary N) is 2. The van der Waals surface area contributed by atoms with Crippen LogP contribution in [0.25, 0.3) is 0 Å². The van der Waals surface area contributed by atoms with Gasteiger partial charge in [0.2, 0.25) is 0 Å². The normalized spacial score (nSPS) is 10.5. The van der Waals surface area contributed by atoms with Gasteiger partial charge in [0.25, 0.3) is 5.91 Å². The van der Waals surface area contributed by atoms with Gasteiger partial charge in [-0.25, -0.2) is 9.97 Å². The third kappa shape index (κ3) is 4.67. The molecule has 0 unspecified atom stereocenters. The van der Waals surface area contributed by atoms with Crippen LogP contribution in [0.5, 0.6) is 0 Å². The molecule has 1 amide bonds. The van der Waals surface area contributed by atoms with Crippen LogP contribution < -0.4 is 10.6 Å². The van der Waals surface area contributed by atoms with Gasteiger partial charge in [0, 0.05) is 12.6 Å². The van der Waals surface area contributed by atoms with Crippen LogP contribution in [0, 0.1) is 13.8 Å². The average Bonchev–Trinajstić information content (AvgIpc) is 3.11. The van der Waals surface area contributed by atoms with Gasteiger partial charge in [-0.3, -0.25) is 4.79 Å². The molecule has 0 bridgehead atoms. The third-order valence-corrected chi connectivity index (χ3v) is 3.63. The van der Waals surface area contributed by atoms with Gasteiger partial charge in [0.1, 0.15) is 23.1 Å². The first-order chi connectivity index (χ1) is 12.1. The lowest BCUT2D eigenvalue weighted by Gasteiger charge is -2.09. The van der Waals surface area contributed by atoms with Gasteiger partial charge < -0.3 is 15.1 Å². The molecular weight excluding hydrogens is 316 g/mol. The topological polar surface area (TPSA) is 80.0 Å². The van der Waals surface area contributed by atoms with Gasteiger partial charge in [-0.15, -0.1) is 0 Å². The van der Waals surface area contributed by atoms with Gasteiger partial charge >= 0.3 is 0 Å². The maximum atomic E-state index is 12.3. The number of hydrogen-bond donors (Lipinski definition) is 2. The van der Waals surface area contributed by atoms with Gasteiger partial charge in [-0.05, 0) is 31.5 Å². The fourth-order valence-corrected chi connectivity index (χ4v) is 2.46. The van der Waals surface area contributed by atoms with E-state index in [2.05, 4.69) is 39.7 Å². The van der Waals surface area contributed by atoms with Crippen molar-refractivity contribution in [3.8, 4) is 0 Å². The highest BCUT2D eigenvalue weighted by Crippen LogP contribution is 2.11. The molecular formula is C19H20N4O2. The molecule has 128 valence electrons. The van der Waals surface area contributed by atoms with E-state index >= 15 is 0 Å². The Balaban J connectivity index is 1.66. The molecule has 1 aromatic carbocycles. The minimum Gasteiger partial charge on any atom is -0.467 e. The first kappa shape index (κ1) is 16.7. The third-order valence-electron chi connectivity index (χ3n) is 3.63. The van der Waals surface area contributed by atoms with E-state index in [-0.39, 0.29) is 5.91 Å². The number of carbonyl (C=O) groups is 1. The first-order valence-electron chi connectivity index (χ1n) is 8.06. The van der Waals surface area contributed by atoms with Crippen LogP contribution in [-0.2, 0) is 13.1 Å². The van der Waals surface area contributed by atoms with Crippen LogP contribution >= 0.6 is 0 Å². The molecule has 2 heterocycles. The molecule has 3 aromatic rings. The zero-order chi connectivity index (χ0) is 17.6. The lowest BCUT2D eigenvalue weighted by Crippen LogP contribution is -2.24. The van der Waals surface area contributed by atoms with E-state index in [0.717, 1.165) is 5.56 Å². The van der Waals surface area contributed by atoms with Gasteiger partial charge in [0.15, 0.2) is 0 Å². The van der Waals surface area contributed by atoms with Gasteiger partial charge in [-0.2, -0.15) is 0 Å². The molecule has 2 N–H and O–H groups in total. The number of carbonyl (C=O) groups excluding carboxylic acids is 1. The fourth-order valence-electron chi connectivity index (χ4n) is 2.46. The second-order valence-corrected chi connectivity index (χ2v) is 5.79. The number of amides is 1. The van der Waals surface area contributed by atoms with Crippen LogP contribution in [0.3, 0.4) is 0 Å². The Morgan fingerprint density at radius 2 is 1.96 bits per heavy atom. The monoisotopic (exact) mass is 336 g/mol. The van der Waals surface area contributed by atoms with Crippen LogP contribution in [0.4, 0.5) is 5.82 Å². The summed E-state index contributed by atoms with van der Waals surface area (Å²) in [5.74, 6) is 1.59. The molecule has 0 aliphatic rings. The van der Waals surface area contributed by atoms with E-state index < -0.39 is 0 Å². The van der Waals surface area contributed by atoms with Gasteiger partial charge in [0.05, 0.1) is 12.8 Å². The Morgan fingerprint density at radius 1 is 1.08 bits per heavy atom. The molecule has 3 rings (SSSR count). The maximum absolute atomic E-state index is 12.3. The number of aromatic nitrogens is 2. The zero-order valence-electron chi connectivity index (χ0n) is 14.2. The van der Waals surface area contributed by atoms with Crippen molar-refractivity contribution in [2.45, 2.75) is 26.9 Å². The first-order valence-corrected chi connectivity index (χ1v) is 8.06. The van der Waals surface area contributed by atoms with Crippen LogP contribution in [0.1, 0.15) is 33.2 Å². The molecule has 0 saturated carbocycles. The molecule has 6 heteroatoms. The SMILES string of the molecule is Cc1cccc(CNc2cc(C(=O)NCc3ccco3)nc(C)n2)c1. The van der Waals surface area contributed by atoms with Crippen molar-refractivity contribution in [3.63, 3.8) is 0 Å². The number of hydrogen-bond acceptors (Lipinski definition) is 5. The summed E-state index contributed by atoms with van der Waals surface area (Å²) in [6.45, 7) is 4.77. The number of furan rings is 1. The van der Waals surface area contributed by atoms with Crippen molar-refractivity contribution in [1.29, 1.82) is 0 Å². The highest BCUT2D eigenvalue weighted by atomic mass is 16.3. The van der Waals surface area contributed by atoms with E-state index in [0.29, 0.717) is 36.2 Å². The van der Waals surface area contributed by atoms with Gasteiger partial charge in [-0.1, -0.05) is 29.8 Å². The lowest BCUT2D eigenvalue weighted by molar-refractivity contribution is 0.0942. The van der Waals surface area contributed by atoms with Crippen molar-refractivity contribution in [1.82, 2.24) is 15.3 Å². The molecule has 0 aliphatic carbocycles. The summed E-state index contributed by atoms with van der Waals surface area (Å²) in [4.78, 5) is 20.8. The van der Waals surface area contributed by atoms with Crippen LogP contribution in [-0.4, -0.2) is 15.9 Å². The van der Waals surface area contributed by atoms with Crippen LogP contribution in [0.2, 0.25) is 0 Å². The summed E-state index contributed by atoms with van der Waals surface area (Å²) in [7, 11) is 0. The molecule has 0 spiro atoms. The quantitative estimate of drug-likeness (QED) is 0.722. The highest BCUT2D eigenvalue weighted by molar-refractivity contribution is 5.92. The Morgan fingerprint density at radius 3 is 2.72 bits per heavy atom. The zero-order valence-corrected chi connectivity index (χ0v) is 14.2. The Labute approximate surface area is 146 Å². The van der Waals surface area contributed by atoms with Crippen molar-refractivity contribution >= 4 is 11.7 Å². The summed E-state index contributed by atoms with van der Waals surface area (Å²) < 4.78 is 5.20. The molecule has 25 heavy (non-hydrogen) atoms. The fraction of sp³-hybridized carbons (Fsp3) is 0.211. The molecule has 0 atom stereocenters. The van der Waals surface area contributed by atoms with Crippen molar-refractivity contribution in [2.75, 3.05) is 5.32 Å². The van der Waals surface area contributed by atoms with Crippen molar-refractivity contribution < 1.29 is 9.21 Å². The standard InChI is InChI=1S/C19H20N4O2/c1-13-5-3-6-15(9-13)11-20-18-10-17(22-14(2)23-18)19(24)21-12-16-7-4-8-25-16/h3-10H,11-12H2,1-2H3,(H,21,24)(H,20,22,23). The molecule has 0 aliphatic heterocycles. The minimum absolute atomic E-state index is 0.263. The molecule has 0 radical (unpaired) electrons. The van der Waals surface area contributed by atoms with E-state index in [1.54, 1.807) is 31.4 Å². The highest BCUT2D eigenvalue weighted by Gasteiger charge is 2.11. The van der Waals surface area contributed by atoms with E-state index in [9.17, 15) is 4.79 Å². The number of rotatable bonds is 6. The molecule has 2 aromatic heterocycles. The summed E-state index contributed by atoms with van der Waals surface area (Å²) >= 11 is 0. The predicted molar refractivity (Wildman–Crippen MR) is 95.2 cm³/mol. The van der Waals surface area contributed by atoms with E-state index in [1.165, 1.54) is 5.56 Å². The number of benzene rings is 1. The molecule has 0 saturated heterocycles. The summed E-state index contributed by atoms with van der Waals surface area (Å²) in [5.41, 5.74) is 2.68. The van der Waals surface area contributed by atoms with E-state index in [1.807, 2.05) is 12.1 Å². The Kier molecular flexibility index (Phi) is 5.09. The Bertz CT molecular complexity index is 860. The lowest BCUT2D eigenvalue weighted by atomic mass is 10.1. The molecule has 6 nitrogen and oxygen atoms in total. The second-order valence-electron chi connectivity index (χ2n) is 5.79. The minimum atomic E-state index is -0.263.